The maximum atomic E-state index is 12.1. The van der Waals surface area contributed by atoms with Crippen LogP contribution in [0.1, 0.15) is 46.9 Å². The van der Waals surface area contributed by atoms with Crippen molar-refractivity contribution in [1.29, 1.82) is 0 Å². The molecule has 1 amide bonds. The van der Waals surface area contributed by atoms with E-state index in [0.717, 1.165) is 11.3 Å². The van der Waals surface area contributed by atoms with Gasteiger partial charge in [-0.3, -0.25) is 9.78 Å². The molecule has 0 aliphatic carbocycles. The zero-order chi connectivity index (χ0) is 14.5. The van der Waals surface area contributed by atoms with Gasteiger partial charge in [0.25, 0.3) is 5.91 Å². The van der Waals surface area contributed by atoms with Crippen molar-refractivity contribution in [2.24, 2.45) is 0 Å². The molecule has 0 unspecified atom stereocenters. The van der Waals surface area contributed by atoms with Crippen LogP contribution in [0.2, 0.25) is 0 Å². The summed E-state index contributed by atoms with van der Waals surface area (Å²) >= 11 is 0. The van der Waals surface area contributed by atoms with Crippen molar-refractivity contribution in [2.75, 3.05) is 0 Å². The van der Waals surface area contributed by atoms with Gasteiger partial charge in [0.2, 0.25) is 0 Å². The van der Waals surface area contributed by atoms with E-state index in [2.05, 4.69) is 24.1 Å². The summed E-state index contributed by atoms with van der Waals surface area (Å²) in [5.74, 6) is 0.425. The van der Waals surface area contributed by atoms with Crippen LogP contribution < -0.4 is 5.32 Å². The van der Waals surface area contributed by atoms with E-state index < -0.39 is 0 Å². The number of aryl methyl sites for hydroxylation is 1. The first-order valence-electron chi connectivity index (χ1n) is 6.86. The third kappa shape index (κ3) is 3.44. The number of carbonyl (C=O) groups is 1. The predicted molar refractivity (Wildman–Crippen MR) is 80.7 cm³/mol. The first-order valence-corrected chi connectivity index (χ1v) is 6.86. The number of hydrogen-bond donors (Lipinski definition) is 1. The van der Waals surface area contributed by atoms with Gasteiger partial charge in [0.15, 0.2) is 0 Å². The van der Waals surface area contributed by atoms with Crippen LogP contribution >= 0.6 is 0 Å². The summed E-state index contributed by atoms with van der Waals surface area (Å²) in [5, 5.41) is 2.93. The topological polar surface area (TPSA) is 42.0 Å². The molecule has 0 spiro atoms. The van der Waals surface area contributed by atoms with Crippen LogP contribution in [-0.2, 0) is 6.54 Å². The fraction of sp³-hybridized carbons (Fsp3) is 0.294. The van der Waals surface area contributed by atoms with E-state index in [-0.39, 0.29) is 5.91 Å². The SMILES string of the molecule is Cc1ncccc1CNC(=O)c1ccc(C(C)C)cc1. The number of nitrogens with one attached hydrogen (secondary N) is 1. The van der Waals surface area contributed by atoms with E-state index in [9.17, 15) is 4.79 Å². The Morgan fingerprint density at radius 1 is 1.20 bits per heavy atom. The second kappa shape index (κ2) is 6.33. The van der Waals surface area contributed by atoms with E-state index in [1.54, 1.807) is 6.20 Å². The summed E-state index contributed by atoms with van der Waals surface area (Å²) in [6, 6.07) is 11.6. The summed E-state index contributed by atoms with van der Waals surface area (Å²) in [4.78, 5) is 16.3. The lowest BCUT2D eigenvalue weighted by molar-refractivity contribution is 0.0951. The fourth-order valence-electron chi connectivity index (χ4n) is 2.00. The summed E-state index contributed by atoms with van der Waals surface area (Å²) < 4.78 is 0. The van der Waals surface area contributed by atoms with Gasteiger partial charge in [-0.15, -0.1) is 0 Å². The Morgan fingerprint density at radius 2 is 1.90 bits per heavy atom. The van der Waals surface area contributed by atoms with Crippen LogP contribution in [0, 0.1) is 6.92 Å². The molecule has 0 atom stereocenters. The quantitative estimate of drug-likeness (QED) is 0.923. The van der Waals surface area contributed by atoms with Crippen LogP contribution in [0.25, 0.3) is 0 Å². The van der Waals surface area contributed by atoms with Crippen LogP contribution in [-0.4, -0.2) is 10.9 Å². The van der Waals surface area contributed by atoms with Crippen LogP contribution in [0.15, 0.2) is 42.6 Å². The van der Waals surface area contributed by atoms with Crippen molar-refractivity contribution < 1.29 is 4.79 Å². The molecular formula is C17H20N2O. The van der Waals surface area contributed by atoms with Gasteiger partial charge in [-0.1, -0.05) is 32.0 Å². The van der Waals surface area contributed by atoms with Gasteiger partial charge >= 0.3 is 0 Å². The average Bonchev–Trinajstić information content (AvgIpc) is 2.46. The number of amides is 1. The molecule has 2 aromatic rings. The van der Waals surface area contributed by atoms with E-state index in [0.29, 0.717) is 18.0 Å². The van der Waals surface area contributed by atoms with Crippen molar-refractivity contribution in [1.82, 2.24) is 10.3 Å². The smallest absolute Gasteiger partial charge is 0.251 e. The Hall–Kier alpha value is -2.16. The molecule has 1 heterocycles. The van der Waals surface area contributed by atoms with Crippen LogP contribution in [0.4, 0.5) is 0 Å². The summed E-state index contributed by atoms with van der Waals surface area (Å²) in [6.07, 6.45) is 1.76. The van der Waals surface area contributed by atoms with Gasteiger partial charge in [0, 0.05) is 24.0 Å². The number of aromatic nitrogens is 1. The minimum absolute atomic E-state index is 0.0523. The molecule has 3 nitrogen and oxygen atoms in total. The third-order valence-corrected chi connectivity index (χ3v) is 3.40. The summed E-state index contributed by atoms with van der Waals surface area (Å²) in [5.41, 5.74) is 3.92. The first-order chi connectivity index (χ1) is 9.58. The minimum atomic E-state index is -0.0523. The zero-order valence-electron chi connectivity index (χ0n) is 12.2. The molecule has 0 saturated carbocycles. The summed E-state index contributed by atoms with van der Waals surface area (Å²) in [6.45, 7) is 6.73. The monoisotopic (exact) mass is 268 g/mol. The minimum Gasteiger partial charge on any atom is -0.348 e. The lowest BCUT2D eigenvalue weighted by Crippen LogP contribution is -2.23. The normalized spacial score (nSPS) is 10.6. The molecule has 0 fully saturated rings. The van der Waals surface area contributed by atoms with Crippen molar-refractivity contribution in [3.8, 4) is 0 Å². The fourth-order valence-corrected chi connectivity index (χ4v) is 2.00. The number of carbonyl (C=O) groups excluding carboxylic acids is 1. The Morgan fingerprint density at radius 3 is 2.50 bits per heavy atom. The van der Waals surface area contributed by atoms with Gasteiger partial charge in [-0.05, 0) is 42.2 Å². The average molecular weight is 268 g/mol. The van der Waals surface area contributed by atoms with Gasteiger partial charge < -0.3 is 5.32 Å². The highest BCUT2D eigenvalue weighted by Gasteiger charge is 2.07. The molecule has 0 aliphatic heterocycles. The number of nitrogens with zero attached hydrogens (tertiary/aromatic N) is 1. The maximum absolute atomic E-state index is 12.1. The lowest BCUT2D eigenvalue weighted by Gasteiger charge is -2.09. The Bertz CT molecular complexity index is 588. The second-order valence-electron chi connectivity index (χ2n) is 5.21. The molecule has 0 bridgehead atoms. The zero-order valence-corrected chi connectivity index (χ0v) is 12.2. The Kier molecular flexibility index (Phi) is 4.51. The molecule has 20 heavy (non-hydrogen) atoms. The molecule has 2 rings (SSSR count). The number of rotatable bonds is 4. The first kappa shape index (κ1) is 14.3. The molecule has 3 heteroatoms. The number of benzene rings is 1. The van der Waals surface area contributed by atoms with E-state index >= 15 is 0 Å². The van der Waals surface area contributed by atoms with Crippen molar-refractivity contribution in [3.63, 3.8) is 0 Å². The largest absolute Gasteiger partial charge is 0.348 e. The van der Waals surface area contributed by atoms with Crippen LogP contribution in [0.5, 0.6) is 0 Å². The molecule has 0 aliphatic rings. The molecule has 1 N–H and O–H groups in total. The van der Waals surface area contributed by atoms with Gasteiger partial charge in [0.1, 0.15) is 0 Å². The number of hydrogen-bond acceptors (Lipinski definition) is 2. The van der Waals surface area contributed by atoms with E-state index in [1.807, 2.05) is 43.3 Å². The molecule has 0 radical (unpaired) electrons. The highest BCUT2D eigenvalue weighted by Crippen LogP contribution is 2.14. The highest BCUT2D eigenvalue weighted by molar-refractivity contribution is 5.94. The third-order valence-electron chi connectivity index (χ3n) is 3.40. The van der Waals surface area contributed by atoms with E-state index in [1.165, 1.54) is 5.56 Å². The van der Waals surface area contributed by atoms with Crippen molar-refractivity contribution >= 4 is 5.91 Å². The van der Waals surface area contributed by atoms with Gasteiger partial charge in [-0.2, -0.15) is 0 Å². The molecule has 1 aromatic carbocycles. The van der Waals surface area contributed by atoms with E-state index in [4.69, 9.17) is 0 Å². The van der Waals surface area contributed by atoms with Gasteiger partial charge in [-0.25, -0.2) is 0 Å². The van der Waals surface area contributed by atoms with Crippen molar-refractivity contribution in [3.05, 3.63) is 65.0 Å². The highest BCUT2D eigenvalue weighted by atomic mass is 16.1. The second-order valence-corrected chi connectivity index (χ2v) is 5.21. The Labute approximate surface area is 120 Å². The van der Waals surface area contributed by atoms with Crippen LogP contribution in [0.3, 0.4) is 0 Å². The standard InChI is InChI=1S/C17H20N2O/c1-12(2)14-6-8-15(9-7-14)17(20)19-11-16-5-4-10-18-13(16)3/h4-10,12H,11H2,1-3H3,(H,19,20). The Balaban J connectivity index is 2.00. The molecular weight excluding hydrogens is 248 g/mol. The van der Waals surface area contributed by atoms with Gasteiger partial charge in [0.05, 0.1) is 0 Å². The molecule has 1 aromatic heterocycles. The number of pyridine rings is 1. The van der Waals surface area contributed by atoms with Crippen molar-refractivity contribution in [2.45, 2.75) is 33.2 Å². The maximum Gasteiger partial charge on any atom is 0.251 e. The molecule has 0 saturated heterocycles. The summed E-state index contributed by atoms with van der Waals surface area (Å²) in [7, 11) is 0. The molecule has 104 valence electrons. The lowest BCUT2D eigenvalue weighted by atomic mass is 10.0. The predicted octanol–water partition coefficient (Wildman–Crippen LogP) is 3.44.